The molecule has 0 spiro atoms. The van der Waals surface area contributed by atoms with Crippen LogP contribution in [0.1, 0.15) is 18.4 Å². The van der Waals surface area contributed by atoms with Crippen LogP contribution >= 0.6 is 11.6 Å². The quantitative estimate of drug-likeness (QED) is 0.840. The maximum absolute atomic E-state index is 8.83. The molecular formula is C14H18ClN3. The number of benzene rings is 1. The molecule has 0 aliphatic carbocycles. The molecule has 18 heavy (non-hydrogen) atoms. The summed E-state index contributed by atoms with van der Waals surface area (Å²) in [5.41, 5.74) is 1.60. The van der Waals surface area contributed by atoms with Gasteiger partial charge in [-0.15, -0.1) is 0 Å². The van der Waals surface area contributed by atoms with Crippen molar-refractivity contribution in [2.24, 2.45) is 0 Å². The van der Waals surface area contributed by atoms with Crippen molar-refractivity contribution in [1.82, 2.24) is 4.90 Å². The van der Waals surface area contributed by atoms with Gasteiger partial charge in [0.15, 0.2) is 0 Å². The standard InChI is InChI=1S/C14H18ClN3/c1-17-7-3-4-12(17)10-18(2)14-6-5-11(9-16)8-13(14)15/h5-6,8,12H,3-4,7,10H2,1-2H3. The van der Waals surface area contributed by atoms with E-state index in [2.05, 4.69) is 30.0 Å². The number of nitrogens with zero attached hydrogens (tertiary/aromatic N) is 3. The van der Waals surface area contributed by atoms with Crippen LogP contribution in [0.15, 0.2) is 18.2 Å². The van der Waals surface area contributed by atoms with E-state index in [1.807, 2.05) is 12.1 Å². The van der Waals surface area contributed by atoms with Crippen molar-refractivity contribution in [3.8, 4) is 6.07 Å². The fraction of sp³-hybridized carbons (Fsp3) is 0.500. The van der Waals surface area contributed by atoms with Crippen molar-refractivity contribution >= 4 is 17.3 Å². The third kappa shape index (κ3) is 2.77. The number of anilines is 1. The summed E-state index contributed by atoms with van der Waals surface area (Å²) in [6.07, 6.45) is 2.52. The molecule has 1 atom stereocenters. The fourth-order valence-corrected chi connectivity index (χ4v) is 2.84. The predicted molar refractivity (Wildman–Crippen MR) is 75.1 cm³/mol. The molecule has 1 aromatic rings. The lowest BCUT2D eigenvalue weighted by Gasteiger charge is -2.28. The minimum Gasteiger partial charge on any atom is -0.372 e. The number of hydrogen-bond acceptors (Lipinski definition) is 3. The van der Waals surface area contributed by atoms with Crippen LogP contribution in [0.3, 0.4) is 0 Å². The van der Waals surface area contributed by atoms with Gasteiger partial charge < -0.3 is 9.80 Å². The lowest BCUT2D eigenvalue weighted by atomic mass is 10.1. The van der Waals surface area contributed by atoms with E-state index in [-0.39, 0.29) is 0 Å². The Morgan fingerprint density at radius 3 is 2.89 bits per heavy atom. The van der Waals surface area contributed by atoms with Gasteiger partial charge in [0.1, 0.15) is 0 Å². The Morgan fingerprint density at radius 1 is 1.56 bits per heavy atom. The van der Waals surface area contributed by atoms with E-state index in [9.17, 15) is 0 Å². The van der Waals surface area contributed by atoms with E-state index in [0.717, 1.165) is 12.2 Å². The normalized spacial score (nSPS) is 19.8. The van der Waals surface area contributed by atoms with Crippen LogP contribution in [0.5, 0.6) is 0 Å². The maximum atomic E-state index is 8.83. The first-order chi connectivity index (χ1) is 8.61. The molecule has 1 aliphatic rings. The van der Waals surface area contributed by atoms with Crippen LogP contribution in [0.2, 0.25) is 5.02 Å². The lowest BCUT2D eigenvalue weighted by Crippen LogP contribution is -2.36. The zero-order chi connectivity index (χ0) is 13.1. The molecule has 1 aromatic carbocycles. The summed E-state index contributed by atoms with van der Waals surface area (Å²) in [6.45, 7) is 2.15. The fourth-order valence-electron chi connectivity index (χ4n) is 2.51. The average molecular weight is 264 g/mol. The van der Waals surface area contributed by atoms with E-state index in [4.69, 9.17) is 16.9 Å². The molecule has 1 saturated heterocycles. The zero-order valence-electron chi connectivity index (χ0n) is 10.9. The average Bonchev–Trinajstić information content (AvgIpc) is 2.74. The molecule has 0 aromatic heterocycles. The van der Waals surface area contributed by atoms with Crippen LogP contribution in [-0.2, 0) is 0 Å². The molecule has 96 valence electrons. The highest BCUT2D eigenvalue weighted by Crippen LogP contribution is 2.27. The lowest BCUT2D eigenvalue weighted by molar-refractivity contribution is 0.314. The summed E-state index contributed by atoms with van der Waals surface area (Å²) in [7, 11) is 4.23. The van der Waals surface area contributed by atoms with Gasteiger partial charge in [-0.05, 0) is 44.6 Å². The third-order valence-electron chi connectivity index (χ3n) is 3.64. The van der Waals surface area contributed by atoms with Crippen LogP contribution in [0, 0.1) is 11.3 Å². The number of hydrogen-bond donors (Lipinski definition) is 0. The number of likely N-dealkylation sites (tertiary alicyclic amines) is 1. The van der Waals surface area contributed by atoms with Gasteiger partial charge in [0.05, 0.1) is 22.3 Å². The van der Waals surface area contributed by atoms with Gasteiger partial charge in [-0.2, -0.15) is 5.26 Å². The van der Waals surface area contributed by atoms with Gasteiger partial charge in [-0.25, -0.2) is 0 Å². The van der Waals surface area contributed by atoms with Crippen molar-refractivity contribution in [3.63, 3.8) is 0 Å². The third-order valence-corrected chi connectivity index (χ3v) is 3.95. The van der Waals surface area contributed by atoms with E-state index < -0.39 is 0 Å². The molecule has 1 heterocycles. The highest BCUT2D eigenvalue weighted by Gasteiger charge is 2.22. The summed E-state index contributed by atoms with van der Waals surface area (Å²) >= 11 is 6.22. The second kappa shape index (κ2) is 5.60. The first-order valence-electron chi connectivity index (χ1n) is 6.23. The molecule has 2 rings (SSSR count). The minimum absolute atomic E-state index is 0.599. The number of halogens is 1. The van der Waals surface area contributed by atoms with Gasteiger partial charge >= 0.3 is 0 Å². The molecule has 0 amide bonds. The first-order valence-corrected chi connectivity index (χ1v) is 6.60. The van der Waals surface area contributed by atoms with E-state index in [1.54, 1.807) is 6.07 Å². The van der Waals surface area contributed by atoms with Crippen molar-refractivity contribution in [1.29, 1.82) is 5.26 Å². The Bertz CT molecular complexity index is 467. The zero-order valence-corrected chi connectivity index (χ0v) is 11.6. The van der Waals surface area contributed by atoms with Crippen LogP contribution in [-0.4, -0.2) is 38.1 Å². The SMILES string of the molecule is CN(CC1CCCN1C)c1ccc(C#N)cc1Cl. The Labute approximate surface area is 114 Å². The van der Waals surface area contributed by atoms with Gasteiger partial charge in [-0.1, -0.05) is 11.6 Å². The summed E-state index contributed by atoms with van der Waals surface area (Å²) in [4.78, 5) is 4.57. The van der Waals surface area contributed by atoms with Crippen LogP contribution < -0.4 is 4.90 Å². The Kier molecular flexibility index (Phi) is 4.11. The highest BCUT2D eigenvalue weighted by atomic mass is 35.5. The molecule has 1 fully saturated rings. The van der Waals surface area contributed by atoms with E-state index in [1.165, 1.54) is 19.4 Å². The maximum Gasteiger partial charge on any atom is 0.0992 e. The topological polar surface area (TPSA) is 30.3 Å². The van der Waals surface area contributed by atoms with Gasteiger partial charge in [0, 0.05) is 19.6 Å². The molecule has 0 bridgehead atoms. The van der Waals surface area contributed by atoms with Crippen LogP contribution in [0.25, 0.3) is 0 Å². The van der Waals surface area contributed by atoms with Gasteiger partial charge in [0.2, 0.25) is 0 Å². The monoisotopic (exact) mass is 263 g/mol. The van der Waals surface area contributed by atoms with Gasteiger partial charge in [0.25, 0.3) is 0 Å². The van der Waals surface area contributed by atoms with E-state index >= 15 is 0 Å². The van der Waals surface area contributed by atoms with Crippen molar-refractivity contribution in [2.45, 2.75) is 18.9 Å². The Morgan fingerprint density at radius 2 is 2.33 bits per heavy atom. The molecule has 0 radical (unpaired) electrons. The van der Waals surface area contributed by atoms with Gasteiger partial charge in [-0.3, -0.25) is 0 Å². The predicted octanol–water partition coefficient (Wildman–Crippen LogP) is 2.74. The first kappa shape index (κ1) is 13.2. The van der Waals surface area contributed by atoms with E-state index in [0.29, 0.717) is 16.6 Å². The Balaban J connectivity index is 2.09. The highest BCUT2D eigenvalue weighted by molar-refractivity contribution is 6.33. The molecule has 3 nitrogen and oxygen atoms in total. The largest absolute Gasteiger partial charge is 0.372 e. The molecule has 1 unspecified atom stereocenters. The molecular weight excluding hydrogens is 246 g/mol. The molecule has 4 heteroatoms. The van der Waals surface area contributed by atoms with Crippen LogP contribution in [0.4, 0.5) is 5.69 Å². The second-order valence-electron chi connectivity index (χ2n) is 4.94. The Hall–Kier alpha value is -1.24. The number of nitriles is 1. The minimum atomic E-state index is 0.599. The molecule has 0 saturated carbocycles. The summed E-state index contributed by atoms with van der Waals surface area (Å²) < 4.78 is 0. The van der Waals surface area contributed by atoms with Crippen molar-refractivity contribution in [3.05, 3.63) is 28.8 Å². The number of rotatable bonds is 3. The molecule has 1 aliphatic heterocycles. The second-order valence-corrected chi connectivity index (χ2v) is 5.34. The summed E-state index contributed by atoms with van der Waals surface area (Å²) in [5, 5.41) is 9.48. The summed E-state index contributed by atoms with van der Waals surface area (Å²) in [5.74, 6) is 0. The summed E-state index contributed by atoms with van der Waals surface area (Å²) in [6, 6.07) is 8.17. The molecule has 0 N–H and O–H groups in total. The van der Waals surface area contributed by atoms with Crippen molar-refractivity contribution < 1.29 is 0 Å². The number of likely N-dealkylation sites (N-methyl/N-ethyl adjacent to an activating group) is 2. The smallest absolute Gasteiger partial charge is 0.0992 e. The van der Waals surface area contributed by atoms with Crippen molar-refractivity contribution in [2.75, 3.05) is 32.1 Å².